The van der Waals surface area contributed by atoms with Crippen LogP contribution in [0.1, 0.15) is 77.2 Å². The Balaban J connectivity index is 0.804. The van der Waals surface area contributed by atoms with E-state index in [0.29, 0.717) is 54.0 Å². The second-order valence-electron chi connectivity index (χ2n) is 17.2. The van der Waals surface area contributed by atoms with Gasteiger partial charge in [-0.1, -0.05) is 39.3 Å². The second kappa shape index (κ2) is 14.7. The van der Waals surface area contributed by atoms with Crippen molar-refractivity contribution >= 4 is 52.5 Å². The number of hydrogen-bond donors (Lipinski definition) is 2. The second-order valence-corrected chi connectivity index (χ2v) is 17.6. The highest BCUT2D eigenvalue weighted by Gasteiger charge is 2.64. The summed E-state index contributed by atoms with van der Waals surface area (Å²) < 4.78 is 21.8. The summed E-state index contributed by atoms with van der Waals surface area (Å²) in [7, 11) is 0. The molecule has 4 heterocycles. The number of ether oxygens (including phenoxy) is 1. The molecule has 4 fully saturated rings. The minimum absolute atomic E-state index is 0.0120. The van der Waals surface area contributed by atoms with E-state index in [4.69, 9.17) is 16.3 Å². The molecule has 3 aromatic rings. The average molecular weight is 810 g/mol. The van der Waals surface area contributed by atoms with Crippen LogP contribution < -0.4 is 25.2 Å². The summed E-state index contributed by atoms with van der Waals surface area (Å²) in [5.41, 5.74) is 1.51. The number of fused-ring (bicyclic) bond motifs is 1. The van der Waals surface area contributed by atoms with Crippen molar-refractivity contribution in [2.45, 2.75) is 58.7 Å². The number of rotatable bonds is 9. The lowest BCUT2D eigenvalue weighted by Gasteiger charge is -2.63. The molecule has 8 rings (SSSR count). The van der Waals surface area contributed by atoms with E-state index in [2.05, 4.69) is 54.2 Å². The largest absolute Gasteiger partial charge is 0.489 e. The van der Waals surface area contributed by atoms with Crippen LogP contribution in [0, 0.1) is 33.9 Å². The fourth-order valence-electron chi connectivity index (χ4n) is 9.79. The summed E-state index contributed by atoms with van der Waals surface area (Å²) in [4.78, 5) is 71.2. The van der Waals surface area contributed by atoms with Gasteiger partial charge in [0.15, 0.2) is 0 Å². The third-order valence-corrected chi connectivity index (χ3v) is 12.9. The normalized spacial score (nSPS) is 24.1. The maximum atomic E-state index is 15.4. The molecule has 1 atom stereocenters. The van der Waals surface area contributed by atoms with Crippen LogP contribution in [0.25, 0.3) is 0 Å². The van der Waals surface area contributed by atoms with Crippen LogP contribution in [0.5, 0.6) is 5.75 Å². The van der Waals surface area contributed by atoms with Crippen LogP contribution >= 0.6 is 11.6 Å². The zero-order valence-electron chi connectivity index (χ0n) is 32.8. The van der Waals surface area contributed by atoms with Crippen LogP contribution in [-0.4, -0.2) is 103 Å². The summed E-state index contributed by atoms with van der Waals surface area (Å²) >= 11 is 6.24. The van der Waals surface area contributed by atoms with Crippen molar-refractivity contribution in [1.29, 1.82) is 5.26 Å². The van der Waals surface area contributed by atoms with Crippen LogP contribution in [0.2, 0.25) is 5.02 Å². The molecule has 58 heavy (non-hydrogen) atoms. The number of carbonyl (C=O) groups is 5. The molecular weight excluding hydrogens is 765 g/mol. The third-order valence-electron chi connectivity index (χ3n) is 12.6. The van der Waals surface area contributed by atoms with Gasteiger partial charge in [0.1, 0.15) is 29.8 Å². The first-order valence-corrected chi connectivity index (χ1v) is 20.0. The van der Waals surface area contributed by atoms with Gasteiger partial charge in [0, 0.05) is 92.3 Å². The van der Waals surface area contributed by atoms with Crippen LogP contribution in [0.4, 0.5) is 15.8 Å². The first-order valence-electron chi connectivity index (χ1n) is 19.6. The van der Waals surface area contributed by atoms with Crippen molar-refractivity contribution in [3.05, 3.63) is 87.7 Å². The lowest BCUT2D eigenvalue weighted by molar-refractivity contribution is -0.164. The molecule has 1 aliphatic carbocycles. The maximum absolute atomic E-state index is 15.4. The Morgan fingerprint density at radius 2 is 1.59 bits per heavy atom. The monoisotopic (exact) mass is 809 g/mol. The van der Waals surface area contributed by atoms with Gasteiger partial charge in [0.25, 0.3) is 17.7 Å². The lowest BCUT2D eigenvalue weighted by Crippen LogP contribution is -2.74. The van der Waals surface area contributed by atoms with E-state index in [0.717, 1.165) is 36.3 Å². The number of nitrogens with one attached hydrogen (secondary N) is 2. The van der Waals surface area contributed by atoms with Crippen molar-refractivity contribution in [3.63, 3.8) is 0 Å². The summed E-state index contributed by atoms with van der Waals surface area (Å²) in [6.45, 7) is 13.4. The summed E-state index contributed by atoms with van der Waals surface area (Å²) in [6.07, 6.45) is -0.152. The Bertz CT molecular complexity index is 2250. The number of imide groups is 2. The Kier molecular flexibility index (Phi) is 9.96. The predicted molar refractivity (Wildman–Crippen MR) is 213 cm³/mol. The number of carbonyl (C=O) groups excluding carboxylic acids is 5. The molecule has 5 amide bonds. The quantitative estimate of drug-likeness (QED) is 0.293. The van der Waals surface area contributed by atoms with Gasteiger partial charge in [-0.25, -0.2) is 4.39 Å². The molecule has 3 saturated heterocycles. The first kappa shape index (κ1) is 39.3. The minimum Gasteiger partial charge on any atom is -0.489 e. The maximum Gasteiger partial charge on any atom is 0.262 e. The molecule has 15 heteroatoms. The predicted octanol–water partition coefficient (Wildman–Crippen LogP) is 4.62. The lowest BCUT2D eigenvalue weighted by atomic mass is 9.49. The number of amides is 5. The third kappa shape index (κ3) is 6.83. The fourth-order valence-corrected chi connectivity index (χ4v) is 10.0. The van der Waals surface area contributed by atoms with E-state index in [9.17, 15) is 29.2 Å². The number of nitriles is 1. The zero-order valence-corrected chi connectivity index (χ0v) is 33.6. The zero-order chi connectivity index (χ0) is 41.3. The van der Waals surface area contributed by atoms with Gasteiger partial charge in [-0.3, -0.25) is 39.1 Å². The van der Waals surface area contributed by atoms with Gasteiger partial charge in [0.05, 0.1) is 27.4 Å². The van der Waals surface area contributed by atoms with Crippen molar-refractivity contribution < 1.29 is 33.1 Å². The molecule has 302 valence electrons. The SMILES string of the molecule is CC1(C)C(NC(=O)c2ccc(N3CC(CN4CCN(c5cc6c(cc5F)C(=O)N(C5CCC(=O)NC5=O)C6=O)CC4)C3)cc2)C(C)(C)C1Oc1ccc(C#N)c(Cl)c1. The fraction of sp³-hybridized carbons (Fsp3) is 0.442. The van der Waals surface area contributed by atoms with E-state index in [1.165, 1.54) is 6.07 Å². The molecule has 5 aliphatic rings. The number of halogens is 2. The molecule has 13 nitrogen and oxygen atoms in total. The number of anilines is 2. The topological polar surface area (TPSA) is 155 Å². The molecule has 0 bridgehead atoms. The highest BCUT2D eigenvalue weighted by atomic mass is 35.5. The van der Waals surface area contributed by atoms with Gasteiger partial charge in [-0.15, -0.1) is 0 Å². The number of nitrogens with zero attached hydrogens (tertiary/aromatic N) is 5. The van der Waals surface area contributed by atoms with Crippen LogP contribution in [0.15, 0.2) is 54.6 Å². The molecule has 3 aromatic carbocycles. The Morgan fingerprint density at radius 1 is 0.931 bits per heavy atom. The van der Waals surface area contributed by atoms with E-state index in [1.807, 2.05) is 29.2 Å². The van der Waals surface area contributed by atoms with Gasteiger partial charge in [0.2, 0.25) is 11.8 Å². The van der Waals surface area contributed by atoms with Gasteiger partial charge >= 0.3 is 0 Å². The van der Waals surface area contributed by atoms with Gasteiger partial charge in [-0.2, -0.15) is 5.26 Å². The highest BCUT2D eigenvalue weighted by Crippen LogP contribution is 2.55. The van der Waals surface area contributed by atoms with E-state index >= 15 is 4.39 Å². The summed E-state index contributed by atoms with van der Waals surface area (Å²) in [5, 5.41) is 15.0. The molecule has 4 aliphatic heterocycles. The van der Waals surface area contributed by atoms with Gasteiger partial charge < -0.3 is 19.9 Å². The van der Waals surface area contributed by atoms with Crippen LogP contribution in [-0.2, 0) is 9.59 Å². The molecule has 0 aromatic heterocycles. The molecule has 0 radical (unpaired) electrons. The summed E-state index contributed by atoms with van der Waals surface area (Å²) in [6, 6.07) is 16.0. The minimum atomic E-state index is -1.11. The number of benzene rings is 3. The van der Waals surface area contributed by atoms with E-state index < -0.39 is 35.5 Å². The standard InChI is InChI=1S/C43H45ClFN7O6/c1-42(2)40(43(3,4)41(42)58-28-10-7-26(20-46)31(44)17-28)48-36(54)25-5-8-27(9-6-25)51-22-24(23-51)21-49-13-15-50(16-14-49)34-19-30-29(18-32(34)45)38(56)52(39(30)57)33-11-12-35(53)47-37(33)55/h5-10,17-19,24,33,40-41H,11-16,21-23H2,1-4H3,(H,48,54)(H,47,53,55). The van der Waals surface area contributed by atoms with Crippen molar-refractivity contribution in [3.8, 4) is 11.8 Å². The Hall–Kier alpha value is -5.52. The molecular formula is C43H45ClFN7O6. The first-order chi connectivity index (χ1) is 27.6. The van der Waals surface area contributed by atoms with E-state index in [1.54, 1.807) is 18.2 Å². The number of piperidine rings is 1. The van der Waals surface area contributed by atoms with E-state index in [-0.39, 0.29) is 58.5 Å². The Labute approximate surface area is 341 Å². The van der Waals surface area contributed by atoms with Crippen molar-refractivity contribution in [2.24, 2.45) is 16.7 Å². The van der Waals surface area contributed by atoms with Crippen molar-refractivity contribution in [1.82, 2.24) is 20.4 Å². The molecule has 1 unspecified atom stereocenters. The molecule has 2 N–H and O–H groups in total. The van der Waals surface area contributed by atoms with Gasteiger partial charge in [-0.05, 0) is 55.0 Å². The number of hydrogen-bond acceptors (Lipinski definition) is 10. The smallest absolute Gasteiger partial charge is 0.262 e. The number of piperazine rings is 1. The summed E-state index contributed by atoms with van der Waals surface area (Å²) in [5.74, 6) is -2.26. The Morgan fingerprint density at radius 3 is 2.21 bits per heavy atom. The molecule has 0 spiro atoms. The highest BCUT2D eigenvalue weighted by molar-refractivity contribution is 6.31. The van der Waals surface area contributed by atoms with Crippen molar-refractivity contribution in [2.75, 3.05) is 55.6 Å². The average Bonchev–Trinajstić information content (AvgIpc) is 3.41. The van der Waals surface area contributed by atoms with Crippen LogP contribution in [0.3, 0.4) is 0 Å². The molecule has 1 saturated carbocycles.